The van der Waals surface area contributed by atoms with Gasteiger partial charge in [-0.3, -0.25) is 9.69 Å². The summed E-state index contributed by atoms with van der Waals surface area (Å²) in [7, 11) is 0. The molecule has 4 heteroatoms. The van der Waals surface area contributed by atoms with E-state index in [9.17, 15) is 4.79 Å². The number of ether oxygens (including phenoxy) is 1. The number of para-hydroxylation sites is 2. The second kappa shape index (κ2) is 8.86. The average molecular weight is 352 g/mol. The standard InChI is InChI=1S/C22H28N2O2/c1-3-26-20-12-8-7-11-19(20)23-22(25)21(18-9-5-4-6-10-18)24-15-13-17(2)14-16-24/h4-12,17,21H,3,13-16H2,1-2H3,(H,23,25)/t21-/m0/s1. The van der Waals surface area contributed by atoms with Crippen LogP contribution < -0.4 is 10.1 Å². The predicted octanol–water partition coefficient (Wildman–Crippen LogP) is 4.50. The first-order valence-electron chi connectivity index (χ1n) is 9.50. The van der Waals surface area contributed by atoms with Crippen LogP contribution in [0.2, 0.25) is 0 Å². The van der Waals surface area contributed by atoms with E-state index in [-0.39, 0.29) is 11.9 Å². The number of hydrogen-bond donors (Lipinski definition) is 1. The van der Waals surface area contributed by atoms with Crippen molar-refractivity contribution in [1.29, 1.82) is 0 Å². The second-order valence-corrected chi connectivity index (χ2v) is 6.95. The highest BCUT2D eigenvalue weighted by molar-refractivity contribution is 5.96. The first-order chi connectivity index (χ1) is 12.7. The molecule has 1 N–H and O–H groups in total. The molecule has 1 aliphatic rings. The zero-order chi connectivity index (χ0) is 18.4. The fraction of sp³-hybridized carbons (Fsp3) is 0.409. The number of rotatable bonds is 6. The summed E-state index contributed by atoms with van der Waals surface area (Å²) in [6.45, 7) is 6.69. The quantitative estimate of drug-likeness (QED) is 0.832. The summed E-state index contributed by atoms with van der Waals surface area (Å²) >= 11 is 0. The van der Waals surface area contributed by atoms with Crippen molar-refractivity contribution in [1.82, 2.24) is 4.90 Å². The van der Waals surface area contributed by atoms with Crippen LogP contribution in [0.4, 0.5) is 5.69 Å². The van der Waals surface area contributed by atoms with E-state index >= 15 is 0 Å². The largest absolute Gasteiger partial charge is 0.492 e. The summed E-state index contributed by atoms with van der Waals surface area (Å²) < 4.78 is 5.65. The summed E-state index contributed by atoms with van der Waals surface area (Å²) in [5.41, 5.74) is 1.76. The maximum atomic E-state index is 13.2. The Morgan fingerprint density at radius 3 is 2.46 bits per heavy atom. The number of carbonyl (C=O) groups is 1. The predicted molar refractivity (Wildman–Crippen MR) is 105 cm³/mol. The minimum Gasteiger partial charge on any atom is -0.492 e. The molecule has 1 aliphatic heterocycles. The first kappa shape index (κ1) is 18.5. The van der Waals surface area contributed by atoms with Crippen molar-refractivity contribution in [3.8, 4) is 5.75 Å². The zero-order valence-corrected chi connectivity index (χ0v) is 15.7. The summed E-state index contributed by atoms with van der Waals surface area (Å²) in [5, 5.41) is 3.10. The van der Waals surface area contributed by atoms with E-state index in [1.807, 2.05) is 61.5 Å². The summed E-state index contributed by atoms with van der Waals surface area (Å²) in [4.78, 5) is 15.5. The van der Waals surface area contributed by atoms with Gasteiger partial charge in [-0.2, -0.15) is 0 Å². The van der Waals surface area contributed by atoms with Gasteiger partial charge in [-0.05, 0) is 56.5 Å². The van der Waals surface area contributed by atoms with Gasteiger partial charge in [-0.1, -0.05) is 49.4 Å². The number of nitrogens with zero attached hydrogens (tertiary/aromatic N) is 1. The van der Waals surface area contributed by atoms with Gasteiger partial charge in [0, 0.05) is 0 Å². The van der Waals surface area contributed by atoms with Gasteiger partial charge in [0.1, 0.15) is 11.8 Å². The van der Waals surface area contributed by atoms with E-state index in [1.165, 1.54) is 0 Å². The molecule has 0 saturated carbocycles. The smallest absolute Gasteiger partial charge is 0.246 e. The Balaban J connectivity index is 1.84. The van der Waals surface area contributed by atoms with E-state index in [2.05, 4.69) is 17.1 Å². The lowest BCUT2D eigenvalue weighted by Crippen LogP contribution is -2.41. The Hall–Kier alpha value is -2.33. The molecule has 1 atom stereocenters. The van der Waals surface area contributed by atoms with Crippen molar-refractivity contribution in [3.05, 3.63) is 60.2 Å². The molecule has 0 spiro atoms. The van der Waals surface area contributed by atoms with Crippen molar-refractivity contribution < 1.29 is 9.53 Å². The molecule has 3 rings (SSSR count). The van der Waals surface area contributed by atoms with Crippen LogP contribution in [0.3, 0.4) is 0 Å². The van der Waals surface area contributed by atoms with Gasteiger partial charge in [0.15, 0.2) is 0 Å². The number of nitrogens with one attached hydrogen (secondary N) is 1. The molecule has 2 aromatic carbocycles. The molecule has 26 heavy (non-hydrogen) atoms. The average Bonchev–Trinajstić information content (AvgIpc) is 2.66. The molecule has 1 heterocycles. The number of carbonyl (C=O) groups excluding carboxylic acids is 1. The molecule has 1 saturated heterocycles. The van der Waals surface area contributed by atoms with Gasteiger partial charge >= 0.3 is 0 Å². The van der Waals surface area contributed by atoms with Gasteiger partial charge in [-0.15, -0.1) is 0 Å². The first-order valence-corrected chi connectivity index (χ1v) is 9.50. The Morgan fingerprint density at radius 2 is 1.77 bits per heavy atom. The van der Waals surface area contributed by atoms with E-state index in [4.69, 9.17) is 4.74 Å². The van der Waals surface area contributed by atoms with Crippen LogP contribution in [-0.2, 0) is 4.79 Å². The van der Waals surface area contributed by atoms with Crippen LogP contribution in [-0.4, -0.2) is 30.5 Å². The Morgan fingerprint density at radius 1 is 1.12 bits per heavy atom. The van der Waals surface area contributed by atoms with Crippen molar-refractivity contribution in [2.45, 2.75) is 32.7 Å². The van der Waals surface area contributed by atoms with Crippen molar-refractivity contribution >= 4 is 11.6 Å². The topological polar surface area (TPSA) is 41.6 Å². The number of hydrogen-bond acceptors (Lipinski definition) is 3. The fourth-order valence-corrected chi connectivity index (χ4v) is 3.50. The zero-order valence-electron chi connectivity index (χ0n) is 15.7. The van der Waals surface area contributed by atoms with Gasteiger partial charge in [0.25, 0.3) is 0 Å². The maximum Gasteiger partial charge on any atom is 0.246 e. The highest BCUT2D eigenvalue weighted by Crippen LogP contribution is 2.30. The van der Waals surface area contributed by atoms with Gasteiger partial charge in [0.2, 0.25) is 5.91 Å². The molecular formula is C22H28N2O2. The minimum atomic E-state index is -0.279. The van der Waals surface area contributed by atoms with Crippen LogP contribution in [0.25, 0.3) is 0 Å². The normalized spacial score (nSPS) is 16.8. The SMILES string of the molecule is CCOc1ccccc1NC(=O)[C@H](c1ccccc1)N1CCC(C)CC1. The number of amides is 1. The van der Waals surface area contributed by atoms with Gasteiger partial charge in [-0.25, -0.2) is 0 Å². The van der Waals surface area contributed by atoms with Crippen LogP contribution in [0.5, 0.6) is 5.75 Å². The molecule has 0 aromatic heterocycles. The minimum absolute atomic E-state index is 0.00194. The molecule has 4 nitrogen and oxygen atoms in total. The third-order valence-electron chi connectivity index (χ3n) is 4.99. The summed E-state index contributed by atoms with van der Waals surface area (Å²) in [5.74, 6) is 1.43. The molecule has 0 bridgehead atoms. The van der Waals surface area contributed by atoms with E-state index in [1.54, 1.807) is 0 Å². The lowest BCUT2D eigenvalue weighted by molar-refractivity contribution is -0.122. The molecule has 0 radical (unpaired) electrons. The number of anilines is 1. The molecule has 1 amide bonds. The highest BCUT2D eigenvalue weighted by Gasteiger charge is 2.30. The second-order valence-electron chi connectivity index (χ2n) is 6.95. The van der Waals surface area contributed by atoms with Crippen molar-refractivity contribution in [3.63, 3.8) is 0 Å². The molecule has 138 valence electrons. The monoisotopic (exact) mass is 352 g/mol. The molecule has 2 aromatic rings. The van der Waals surface area contributed by atoms with Gasteiger partial charge < -0.3 is 10.1 Å². The molecule has 1 fully saturated rings. The number of likely N-dealkylation sites (tertiary alicyclic amines) is 1. The molecular weight excluding hydrogens is 324 g/mol. The molecule has 0 unspecified atom stereocenters. The Bertz CT molecular complexity index is 709. The van der Waals surface area contributed by atoms with E-state index in [0.717, 1.165) is 43.1 Å². The Kier molecular flexibility index (Phi) is 6.29. The lowest BCUT2D eigenvalue weighted by Gasteiger charge is -2.36. The maximum absolute atomic E-state index is 13.2. The number of benzene rings is 2. The Labute approximate surface area is 156 Å². The van der Waals surface area contributed by atoms with Crippen LogP contribution in [0.15, 0.2) is 54.6 Å². The van der Waals surface area contributed by atoms with Crippen LogP contribution in [0.1, 0.15) is 38.3 Å². The van der Waals surface area contributed by atoms with Gasteiger partial charge in [0.05, 0.1) is 12.3 Å². The van der Waals surface area contributed by atoms with E-state index in [0.29, 0.717) is 12.4 Å². The highest BCUT2D eigenvalue weighted by atomic mass is 16.5. The number of piperidine rings is 1. The third kappa shape index (κ3) is 4.44. The molecule has 0 aliphatic carbocycles. The lowest BCUT2D eigenvalue weighted by atomic mass is 9.95. The van der Waals surface area contributed by atoms with Crippen LogP contribution >= 0.6 is 0 Å². The fourth-order valence-electron chi connectivity index (χ4n) is 3.50. The van der Waals surface area contributed by atoms with Crippen molar-refractivity contribution in [2.75, 3.05) is 25.0 Å². The van der Waals surface area contributed by atoms with E-state index < -0.39 is 0 Å². The third-order valence-corrected chi connectivity index (χ3v) is 4.99. The van der Waals surface area contributed by atoms with Crippen LogP contribution in [0, 0.1) is 5.92 Å². The summed E-state index contributed by atoms with van der Waals surface area (Å²) in [6, 6.07) is 17.4. The van der Waals surface area contributed by atoms with Crippen molar-refractivity contribution in [2.24, 2.45) is 5.92 Å². The summed E-state index contributed by atoms with van der Waals surface area (Å²) in [6.07, 6.45) is 2.26.